The Hall–Kier alpha value is -1.73. The van der Waals surface area contributed by atoms with Crippen LogP contribution in [0.1, 0.15) is 6.42 Å². The van der Waals surface area contributed by atoms with Crippen molar-refractivity contribution in [3.8, 4) is 11.8 Å². The Morgan fingerprint density at radius 2 is 2.06 bits per heavy atom. The van der Waals surface area contributed by atoms with Crippen LogP contribution in [0.2, 0.25) is 0 Å². The predicted molar refractivity (Wildman–Crippen MR) is 64.5 cm³/mol. The Kier molecular flexibility index (Phi) is 4.62. The number of ether oxygens (including phenoxy) is 1. The van der Waals surface area contributed by atoms with Gasteiger partial charge < -0.3 is 15.4 Å². The van der Waals surface area contributed by atoms with Crippen molar-refractivity contribution in [2.45, 2.75) is 12.5 Å². The van der Waals surface area contributed by atoms with E-state index in [2.05, 4.69) is 4.90 Å². The molecule has 0 aliphatic heterocycles. The summed E-state index contributed by atoms with van der Waals surface area (Å²) in [4.78, 5) is 2.07. The van der Waals surface area contributed by atoms with E-state index in [9.17, 15) is 0 Å². The summed E-state index contributed by atoms with van der Waals surface area (Å²) in [6.45, 7) is 0.765. The number of nitrogens with two attached hydrogens (primary N) is 1. The molecule has 1 rings (SSSR count). The van der Waals surface area contributed by atoms with Crippen LogP contribution in [0, 0.1) is 11.3 Å². The molecule has 16 heavy (non-hydrogen) atoms. The van der Waals surface area contributed by atoms with Gasteiger partial charge in [-0.25, -0.2) is 0 Å². The number of benzene rings is 1. The monoisotopic (exact) mass is 219 g/mol. The number of hydrogen-bond acceptors (Lipinski definition) is 4. The minimum absolute atomic E-state index is 0.388. The van der Waals surface area contributed by atoms with E-state index in [0.29, 0.717) is 6.42 Å². The fourth-order valence-electron chi connectivity index (χ4n) is 1.36. The molecule has 86 valence electrons. The third-order valence-electron chi connectivity index (χ3n) is 2.45. The van der Waals surface area contributed by atoms with Gasteiger partial charge in [-0.05, 0) is 30.7 Å². The van der Waals surface area contributed by atoms with Crippen LogP contribution in [0.3, 0.4) is 0 Å². The topological polar surface area (TPSA) is 62.3 Å². The van der Waals surface area contributed by atoms with E-state index in [1.807, 2.05) is 37.4 Å². The van der Waals surface area contributed by atoms with Gasteiger partial charge in [-0.3, -0.25) is 0 Å². The van der Waals surface area contributed by atoms with Gasteiger partial charge in [-0.2, -0.15) is 5.26 Å². The summed E-state index contributed by atoms with van der Waals surface area (Å²) in [5.41, 5.74) is 6.63. The van der Waals surface area contributed by atoms with Crippen LogP contribution < -0.4 is 15.4 Å². The van der Waals surface area contributed by atoms with Crippen LogP contribution in [-0.4, -0.2) is 26.7 Å². The van der Waals surface area contributed by atoms with Crippen LogP contribution in [0.25, 0.3) is 0 Å². The third kappa shape index (κ3) is 3.44. The van der Waals surface area contributed by atoms with E-state index >= 15 is 0 Å². The second-order valence-electron chi connectivity index (χ2n) is 3.64. The summed E-state index contributed by atoms with van der Waals surface area (Å²) in [7, 11) is 3.62. The standard InChI is InChI=1S/C12H17N3O/c1-15(8-7-10(14)9-13)11-3-5-12(16-2)6-4-11/h3-6,10H,7-8,14H2,1-2H3. The van der Waals surface area contributed by atoms with Gasteiger partial charge in [0.2, 0.25) is 0 Å². The van der Waals surface area contributed by atoms with Crippen molar-refractivity contribution in [2.24, 2.45) is 5.73 Å². The minimum Gasteiger partial charge on any atom is -0.497 e. The van der Waals surface area contributed by atoms with E-state index in [0.717, 1.165) is 18.0 Å². The lowest BCUT2D eigenvalue weighted by Gasteiger charge is -2.19. The first-order valence-electron chi connectivity index (χ1n) is 5.17. The molecular weight excluding hydrogens is 202 g/mol. The molecule has 0 fully saturated rings. The molecule has 0 aromatic heterocycles. The molecule has 0 aliphatic rings. The first-order chi connectivity index (χ1) is 7.67. The third-order valence-corrected chi connectivity index (χ3v) is 2.45. The number of nitrogens with zero attached hydrogens (tertiary/aromatic N) is 2. The van der Waals surface area contributed by atoms with E-state index in [-0.39, 0.29) is 6.04 Å². The molecule has 0 spiro atoms. The van der Waals surface area contributed by atoms with Crippen LogP contribution in [0.5, 0.6) is 5.75 Å². The first-order valence-corrected chi connectivity index (χ1v) is 5.17. The van der Waals surface area contributed by atoms with Crippen molar-refractivity contribution in [3.05, 3.63) is 24.3 Å². The van der Waals surface area contributed by atoms with Crippen LogP contribution in [-0.2, 0) is 0 Å². The molecule has 1 aromatic rings. The fraction of sp³-hybridized carbons (Fsp3) is 0.417. The molecule has 4 heteroatoms. The van der Waals surface area contributed by atoms with Gasteiger partial charge in [-0.1, -0.05) is 0 Å². The molecule has 4 nitrogen and oxygen atoms in total. The van der Waals surface area contributed by atoms with E-state index in [4.69, 9.17) is 15.7 Å². The molecule has 0 amide bonds. The maximum atomic E-state index is 8.58. The lowest BCUT2D eigenvalue weighted by molar-refractivity contribution is 0.415. The maximum Gasteiger partial charge on any atom is 0.119 e. The zero-order valence-corrected chi connectivity index (χ0v) is 9.68. The van der Waals surface area contributed by atoms with Gasteiger partial charge in [0.15, 0.2) is 0 Å². The first kappa shape index (κ1) is 12.3. The highest BCUT2D eigenvalue weighted by Crippen LogP contribution is 2.18. The van der Waals surface area contributed by atoms with Crippen molar-refractivity contribution in [3.63, 3.8) is 0 Å². The summed E-state index contributed by atoms with van der Waals surface area (Å²) < 4.78 is 5.08. The van der Waals surface area contributed by atoms with E-state index in [1.165, 1.54) is 0 Å². The van der Waals surface area contributed by atoms with Crippen LogP contribution in [0.4, 0.5) is 5.69 Å². The molecule has 2 N–H and O–H groups in total. The van der Waals surface area contributed by atoms with Crippen molar-refractivity contribution in [2.75, 3.05) is 25.6 Å². The Bertz CT molecular complexity index is 356. The molecule has 0 radical (unpaired) electrons. The normalized spacial score (nSPS) is 11.6. The van der Waals surface area contributed by atoms with Gasteiger partial charge in [0, 0.05) is 19.3 Å². The smallest absolute Gasteiger partial charge is 0.119 e. The molecule has 0 saturated carbocycles. The van der Waals surface area contributed by atoms with Crippen molar-refractivity contribution in [1.29, 1.82) is 5.26 Å². The van der Waals surface area contributed by atoms with Crippen molar-refractivity contribution < 1.29 is 4.74 Å². The average molecular weight is 219 g/mol. The Balaban J connectivity index is 2.53. The molecule has 1 aromatic carbocycles. The summed E-state index contributed by atoms with van der Waals surface area (Å²) in [5, 5.41) is 8.58. The highest BCUT2D eigenvalue weighted by molar-refractivity contribution is 5.48. The van der Waals surface area contributed by atoms with Crippen molar-refractivity contribution >= 4 is 5.69 Å². The summed E-state index contributed by atoms with van der Waals surface area (Å²) >= 11 is 0. The summed E-state index contributed by atoms with van der Waals surface area (Å²) in [5.74, 6) is 0.839. The minimum atomic E-state index is -0.388. The van der Waals surface area contributed by atoms with E-state index in [1.54, 1.807) is 7.11 Å². The molecule has 1 unspecified atom stereocenters. The molecule has 1 atom stereocenters. The zero-order chi connectivity index (χ0) is 12.0. The average Bonchev–Trinajstić information content (AvgIpc) is 2.35. The molecule has 0 heterocycles. The van der Waals surface area contributed by atoms with Crippen molar-refractivity contribution in [1.82, 2.24) is 0 Å². The predicted octanol–water partition coefficient (Wildman–Crippen LogP) is 1.37. The lowest BCUT2D eigenvalue weighted by Crippen LogP contribution is -2.26. The van der Waals surface area contributed by atoms with Gasteiger partial charge >= 0.3 is 0 Å². The number of hydrogen-bond donors (Lipinski definition) is 1. The highest BCUT2D eigenvalue weighted by atomic mass is 16.5. The number of methoxy groups -OCH3 is 1. The lowest BCUT2D eigenvalue weighted by atomic mass is 10.2. The number of anilines is 1. The second kappa shape index (κ2) is 5.99. The quantitative estimate of drug-likeness (QED) is 0.812. The highest BCUT2D eigenvalue weighted by Gasteiger charge is 2.04. The Morgan fingerprint density at radius 3 is 2.56 bits per heavy atom. The van der Waals surface area contributed by atoms with Crippen LogP contribution in [0.15, 0.2) is 24.3 Å². The fourth-order valence-corrected chi connectivity index (χ4v) is 1.36. The van der Waals surface area contributed by atoms with E-state index < -0.39 is 0 Å². The summed E-state index contributed by atoms with van der Waals surface area (Å²) in [6, 6.07) is 9.42. The largest absolute Gasteiger partial charge is 0.497 e. The van der Waals surface area contributed by atoms with Crippen LogP contribution >= 0.6 is 0 Å². The second-order valence-corrected chi connectivity index (χ2v) is 3.64. The van der Waals surface area contributed by atoms with Gasteiger partial charge in [0.25, 0.3) is 0 Å². The molecule has 0 aliphatic carbocycles. The SMILES string of the molecule is COc1ccc(N(C)CCC(N)C#N)cc1. The Labute approximate surface area is 96.2 Å². The zero-order valence-electron chi connectivity index (χ0n) is 9.68. The Morgan fingerprint density at radius 1 is 1.44 bits per heavy atom. The van der Waals surface area contributed by atoms with Gasteiger partial charge in [0.1, 0.15) is 5.75 Å². The van der Waals surface area contributed by atoms with Gasteiger partial charge in [0.05, 0.1) is 19.2 Å². The number of nitriles is 1. The van der Waals surface area contributed by atoms with Gasteiger partial charge in [-0.15, -0.1) is 0 Å². The number of rotatable bonds is 5. The molecule has 0 bridgehead atoms. The molecular formula is C12H17N3O. The maximum absolute atomic E-state index is 8.58. The molecule has 0 saturated heterocycles. The summed E-state index contributed by atoms with van der Waals surface area (Å²) in [6.07, 6.45) is 0.666.